The number of tetrazole rings is 1. The first kappa shape index (κ1) is 15.3. The van der Waals surface area contributed by atoms with E-state index in [2.05, 4.69) is 25.5 Å². The van der Waals surface area contributed by atoms with Crippen LogP contribution in [0.15, 0.2) is 28.2 Å². The number of benzene rings is 1. The van der Waals surface area contributed by atoms with E-state index in [1.54, 1.807) is 6.07 Å². The SMILES string of the molecule is Cc1cccc2c(=O)[nH]c(CSc3nnnn3C3CCCC3)nc12. The number of aryl methyl sites for hydroxylation is 1. The fourth-order valence-corrected chi connectivity index (χ4v) is 4.03. The Morgan fingerprint density at radius 1 is 1.33 bits per heavy atom. The van der Waals surface area contributed by atoms with Gasteiger partial charge >= 0.3 is 0 Å². The van der Waals surface area contributed by atoms with E-state index in [0.717, 1.165) is 29.1 Å². The highest BCUT2D eigenvalue weighted by atomic mass is 32.2. The zero-order chi connectivity index (χ0) is 16.5. The third-order valence-corrected chi connectivity index (χ3v) is 5.40. The Morgan fingerprint density at radius 3 is 3.00 bits per heavy atom. The molecule has 0 aliphatic heterocycles. The molecule has 0 atom stereocenters. The van der Waals surface area contributed by atoms with Crippen molar-refractivity contribution in [3.63, 3.8) is 0 Å². The van der Waals surface area contributed by atoms with Crippen LogP contribution in [0.1, 0.15) is 43.1 Å². The van der Waals surface area contributed by atoms with Gasteiger partial charge in [-0.3, -0.25) is 4.79 Å². The molecule has 1 fully saturated rings. The highest BCUT2D eigenvalue weighted by molar-refractivity contribution is 7.98. The largest absolute Gasteiger partial charge is 0.309 e. The summed E-state index contributed by atoms with van der Waals surface area (Å²) >= 11 is 1.51. The monoisotopic (exact) mass is 342 g/mol. The van der Waals surface area contributed by atoms with Gasteiger partial charge in [-0.1, -0.05) is 36.7 Å². The molecule has 1 aliphatic rings. The molecule has 1 saturated carbocycles. The molecule has 1 aromatic carbocycles. The van der Waals surface area contributed by atoms with Crippen LogP contribution in [0.4, 0.5) is 0 Å². The second-order valence-electron chi connectivity index (χ2n) is 6.12. The highest BCUT2D eigenvalue weighted by Gasteiger charge is 2.21. The molecule has 0 unspecified atom stereocenters. The van der Waals surface area contributed by atoms with Gasteiger partial charge in [0.25, 0.3) is 5.56 Å². The van der Waals surface area contributed by atoms with Crippen molar-refractivity contribution in [3.8, 4) is 0 Å². The lowest BCUT2D eigenvalue weighted by atomic mass is 10.1. The molecule has 0 spiro atoms. The van der Waals surface area contributed by atoms with Crippen molar-refractivity contribution < 1.29 is 0 Å². The lowest BCUT2D eigenvalue weighted by Gasteiger charge is -2.10. The molecular formula is C16H18N6OS. The van der Waals surface area contributed by atoms with Crippen LogP contribution in [-0.2, 0) is 5.75 Å². The summed E-state index contributed by atoms with van der Waals surface area (Å²) < 4.78 is 1.92. The molecule has 1 aliphatic carbocycles. The molecule has 0 bridgehead atoms. The van der Waals surface area contributed by atoms with Crippen molar-refractivity contribution in [3.05, 3.63) is 39.9 Å². The normalized spacial score (nSPS) is 15.4. The third kappa shape index (κ3) is 2.82. The van der Waals surface area contributed by atoms with E-state index >= 15 is 0 Å². The van der Waals surface area contributed by atoms with Crippen molar-refractivity contribution in [1.29, 1.82) is 0 Å². The Kier molecular flexibility index (Phi) is 4.05. The van der Waals surface area contributed by atoms with Gasteiger partial charge in [0.05, 0.1) is 22.7 Å². The summed E-state index contributed by atoms with van der Waals surface area (Å²) in [5.41, 5.74) is 1.66. The molecule has 1 N–H and O–H groups in total. The Labute approximate surface area is 142 Å². The standard InChI is InChI=1S/C16H18N6OS/c1-10-5-4-8-12-14(10)17-13(18-15(12)23)9-24-16-19-20-21-22(16)11-6-2-3-7-11/h4-5,8,11H,2-3,6-7,9H2,1H3,(H,17,18,23). The molecule has 2 aromatic heterocycles. The molecule has 7 nitrogen and oxygen atoms in total. The number of nitrogens with zero attached hydrogens (tertiary/aromatic N) is 5. The van der Waals surface area contributed by atoms with E-state index in [1.807, 2.05) is 23.7 Å². The van der Waals surface area contributed by atoms with Gasteiger partial charge in [-0.05, 0) is 41.8 Å². The molecule has 8 heteroatoms. The van der Waals surface area contributed by atoms with Crippen LogP contribution in [0.3, 0.4) is 0 Å². The Morgan fingerprint density at radius 2 is 2.17 bits per heavy atom. The summed E-state index contributed by atoms with van der Waals surface area (Å²) in [6.07, 6.45) is 4.71. The maximum absolute atomic E-state index is 12.2. The smallest absolute Gasteiger partial charge is 0.258 e. The average molecular weight is 342 g/mol. The third-order valence-electron chi connectivity index (χ3n) is 4.46. The van der Waals surface area contributed by atoms with Gasteiger partial charge < -0.3 is 4.98 Å². The molecule has 0 saturated heterocycles. The number of para-hydroxylation sites is 1. The number of thioether (sulfide) groups is 1. The number of rotatable bonds is 4. The molecule has 24 heavy (non-hydrogen) atoms. The summed E-state index contributed by atoms with van der Waals surface area (Å²) in [6, 6.07) is 6.03. The summed E-state index contributed by atoms with van der Waals surface area (Å²) in [5, 5.41) is 13.5. The van der Waals surface area contributed by atoms with Crippen LogP contribution >= 0.6 is 11.8 Å². The fraction of sp³-hybridized carbons (Fsp3) is 0.438. The first-order valence-corrected chi connectivity index (χ1v) is 9.10. The minimum Gasteiger partial charge on any atom is -0.309 e. The van der Waals surface area contributed by atoms with Crippen LogP contribution < -0.4 is 5.56 Å². The first-order chi connectivity index (χ1) is 11.7. The van der Waals surface area contributed by atoms with Crippen LogP contribution in [0.25, 0.3) is 10.9 Å². The van der Waals surface area contributed by atoms with Crippen molar-refractivity contribution in [2.24, 2.45) is 0 Å². The number of nitrogens with one attached hydrogen (secondary N) is 1. The number of H-pyrrole nitrogens is 1. The first-order valence-electron chi connectivity index (χ1n) is 8.11. The summed E-state index contributed by atoms with van der Waals surface area (Å²) in [5.74, 6) is 1.18. The number of aromatic amines is 1. The van der Waals surface area contributed by atoms with Gasteiger partial charge in [-0.2, -0.15) is 0 Å². The van der Waals surface area contributed by atoms with Crippen molar-refractivity contribution >= 4 is 22.7 Å². The van der Waals surface area contributed by atoms with E-state index in [1.165, 1.54) is 24.6 Å². The second kappa shape index (κ2) is 6.35. The second-order valence-corrected chi connectivity index (χ2v) is 7.06. The zero-order valence-corrected chi connectivity index (χ0v) is 14.2. The molecule has 4 rings (SSSR count). The van der Waals surface area contributed by atoms with Gasteiger partial charge in [-0.15, -0.1) is 5.10 Å². The van der Waals surface area contributed by atoms with E-state index < -0.39 is 0 Å². The molecule has 0 amide bonds. The fourth-order valence-electron chi connectivity index (χ4n) is 3.21. The van der Waals surface area contributed by atoms with Gasteiger partial charge in [0.1, 0.15) is 5.82 Å². The number of hydrogen-bond acceptors (Lipinski definition) is 6. The number of aromatic nitrogens is 6. The molecule has 0 radical (unpaired) electrons. The maximum atomic E-state index is 12.2. The molecule has 2 heterocycles. The van der Waals surface area contributed by atoms with E-state index in [0.29, 0.717) is 23.0 Å². The zero-order valence-electron chi connectivity index (χ0n) is 13.4. The highest BCUT2D eigenvalue weighted by Crippen LogP contribution is 2.31. The predicted molar refractivity (Wildman–Crippen MR) is 92.0 cm³/mol. The Bertz CT molecular complexity index is 928. The van der Waals surface area contributed by atoms with Gasteiger partial charge in [-0.25, -0.2) is 9.67 Å². The van der Waals surface area contributed by atoms with E-state index in [4.69, 9.17) is 0 Å². The Balaban J connectivity index is 1.58. The molecular weight excluding hydrogens is 324 g/mol. The van der Waals surface area contributed by atoms with E-state index in [9.17, 15) is 4.79 Å². The summed E-state index contributed by atoms with van der Waals surface area (Å²) in [7, 11) is 0. The Hall–Kier alpha value is -2.22. The van der Waals surface area contributed by atoms with Crippen molar-refractivity contribution in [2.45, 2.75) is 49.6 Å². The molecule has 124 valence electrons. The lowest BCUT2D eigenvalue weighted by Crippen LogP contribution is -2.12. The van der Waals surface area contributed by atoms with Crippen LogP contribution in [0, 0.1) is 6.92 Å². The molecule has 3 aromatic rings. The average Bonchev–Trinajstić information content (AvgIpc) is 3.25. The van der Waals surface area contributed by atoms with Gasteiger partial charge in [0.2, 0.25) is 5.16 Å². The van der Waals surface area contributed by atoms with Gasteiger partial charge in [0, 0.05) is 0 Å². The minimum absolute atomic E-state index is 0.102. The predicted octanol–water partition coefficient (Wildman–Crippen LogP) is 2.63. The number of hydrogen-bond donors (Lipinski definition) is 1. The minimum atomic E-state index is -0.102. The quantitative estimate of drug-likeness (QED) is 0.733. The van der Waals surface area contributed by atoms with Crippen LogP contribution in [0.5, 0.6) is 0 Å². The summed E-state index contributed by atoms with van der Waals surface area (Å²) in [6.45, 7) is 1.96. The van der Waals surface area contributed by atoms with Crippen LogP contribution in [-0.4, -0.2) is 30.2 Å². The van der Waals surface area contributed by atoms with Crippen molar-refractivity contribution in [1.82, 2.24) is 30.2 Å². The summed E-state index contributed by atoms with van der Waals surface area (Å²) in [4.78, 5) is 19.7. The van der Waals surface area contributed by atoms with E-state index in [-0.39, 0.29) is 5.56 Å². The van der Waals surface area contributed by atoms with Crippen LogP contribution in [0.2, 0.25) is 0 Å². The van der Waals surface area contributed by atoms with Crippen molar-refractivity contribution in [2.75, 3.05) is 0 Å². The maximum Gasteiger partial charge on any atom is 0.258 e. The lowest BCUT2D eigenvalue weighted by molar-refractivity contribution is 0.423. The number of fused-ring (bicyclic) bond motifs is 1. The van der Waals surface area contributed by atoms with Gasteiger partial charge in [0.15, 0.2) is 0 Å². The topological polar surface area (TPSA) is 89.4 Å².